The molecule has 2 amide bonds. The third-order valence-electron chi connectivity index (χ3n) is 4.74. The molecule has 0 aromatic rings. The van der Waals surface area contributed by atoms with E-state index in [-0.39, 0.29) is 23.8 Å². The molecule has 3 atom stereocenters. The van der Waals surface area contributed by atoms with Crippen LogP contribution in [0.2, 0.25) is 0 Å². The number of amides is 2. The molecule has 1 rings (SSSR count). The van der Waals surface area contributed by atoms with E-state index in [2.05, 4.69) is 26.1 Å². The molecule has 1 fully saturated rings. The van der Waals surface area contributed by atoms with Gasteiger partial charge in [-0.05, 0) is 18.3 Å². The SMILES string of the molecule is CCCCC(CC)CN1CCC(=O)NC(C(C)CC)C1=O. The van der Waals surface area contributed by atoms with Crippen LogP contribution in [0.15, 0.2) is 0 Å². The first-order chi connectivity index (χ1) is 10.0. The van der Waals surface area contributed by atoms with Crippen molar-refractivity contribution < 1.29 is 9.59 Å². The second kappa shape index (κ2) is 9.06. The van der Waals surface area contributed by atoms with Gasteiger partial charge in [0.2, 0.25) is 11.8 Å². The average Bonchev–Trinajstić information content (AvgIpc) is 2.63. The van der Waals surface area contributed by atoms with E-state index in [0.29, 0.717) is 18.9 Å². The van der Waals surface area contributed by atoms with Crippen LogP contribution in [0.5, 0.6) is 0 Å². The van der Waals surface area contributed by atoms with Crippen LogP contribution in [0.3, 0.4) is 0 Å². The minimum Gasteiger partial charge on any atom is -0.344 e. The van der Waals surface area contributed by atoms with E-state index in [4.69, 9.17) is 0 Å². The summed E-state index contributed by atoms with van der Waals surface area (Å²) in [6, 6.07) is -0.339. The highest BCUT2D eigenvalue weighted by Gasteiger charge is 2.33. The Hall–Kier alpha value is -1.06. The molecular weight excluding hydrogens is 264 g/mol. The fourth-order valence-electron chi connectivity index (χ4n) is 2.88. The molecule has 0 aromatic heterocycles. The molecule has 21 heavy (non-hydrogen) atoms. The van der Waals surface area contributed by atoms with Crippen molar-refractivity contribution in [1.29, 1.82) is 0 Å². The van der Waals surface area contributed by atoms with Gasteiger partial charge in [-0.2, -0.15) is 0 Å². The van der Waals surface area contributed by atoms with Gasteiger partial charge in [-0.3, -0.25) is 9.59 Å². The summed E-state index contributed by atoms with van der Waals surface area (Å²) in [5.41, 5.74) is 0. The van der Waals surface area contributed by atoms with E-state index in [1.807, 2.05) is 11.8 Å². The van der Waals surface area contributed by atoms with Gasteiger partial charge in [-0.25, -0.2) is 0 Å². The summed E-state index contributed by atoms with van der Waals surface area (Å²) in [5, 5.41) is 2.91. The summed E-state index contributed by atoms with van der Waals surface area (Å²) in [7, 11) is 0. The second-order valence-corrected chi connectivity index (χ2v) is 6.38. The maximum absolute atomic E-state index is 12.7. The molecule has 1 aliphatic rings. The molecule has 0 bridgehead atoms. The Bertz CT molecular complexity index is 344. The van der Waals surface area contributed by atoms with E-state index in [1.165, 1.54) is 19.3 Å². The van der Waals surface area contributed by atoms with Crippen LogP contribution in [-0.4, -0.2) is 35.8 Å². The Morgan fingerprint density at radius 2 is 1.95 bits per heavy atom. The minimum atomic E-state index is -0.339. The molecule has 0 aromatic carbocycles. The molecule has 1 N–H and O–H groups in total. The van der Waals surface area contributed by atoms with Crippen LogP contribution in [0.25, 0.3) is 0 Å². The van der Waals surface area contributed by atoms with Crippen molar-refractivity contribution >= 4 is 11.8 Å². The van der Waals surface area contributed by atoms with Gasteiger partial charge in [-0.15, -0.1) is 0 Å². The van der Waals surface area contributed by atoms with E-state index >= 15 is 0 Å². The van der Waals surface area contributed by atoms with Crippen molar-refractivity contribution in [2.24, 2.45) is 11.8 Å². The Labute approximate surface area is 129 Å². The second-order valence-electron chi connectivity index (χ2n) is 6.38. The van der Waals surface area contributed by atoms with Crippen LogP contribution in [0.1, 0.15) is 66.2 Å². The lowest BCUT2D eigenvalue weighted by Gasteiger charge is -2.30. The average molecular weight is 296 g/mol. The fourth-order valence-corrected chi connectivity index (χ4v) is 2.88. The molecule has 0 radical (unpaired) electrons. The van der Waals surface area contributed by atoms with Crippen LogP contribution >= 0.6 is 0 Å². The number of unbranched alkanes of at least 4 members (excludes halogenated alkanes) is 1. The minimum absolute atomic E-state index is 0.0118. The Morgan fingerprint density at radius 1 is 1.24 bits per heavy atom. The van der Waals surface area contributed by atoms with E-state index < -0.39 is 0 Å². The molecule has 3 unspecified atom stereocenters. The molecule has 4 heteroatoms. The summed E-state index contributed by atoms with van der Waals surface area (Å²) >= 11 is 0. The molecule has 1 saturated heterocycles. The van der Waals surface area contributed by atoms with Gasteiger partial charge >= 0.3 is 0 Å². The highest BCUT2D eigenvalue weighted by atomic mass is 16.2. The van der Waals surface area contributed by atoms with Crippen LogP contribution in [0.4, 0.5) is 0 Å². The van der Waals surface area contributed by atoms with Crippen molar-refractivity contribution in [3.8, 4) is 0 Å². The number of hydrogen-bond donors (Lipinski definition) is 1. The highest BCUT2D eigenvalue weighted by molar-refractivity contribution is 5.90. The highest BCUT2D eigenvalue weighted by Crippen LogP contribution is 2.19. The largest absolute Gasteiger partial charge is 0.344 e. The van der Waals surface area contributed by atoms with E-state index in [9.17, 15) is 9.59 Å². The molecular formula is C17H32N2O2. The van der Waals surface area contributed by atoms with Crippen molar-refractivity contribution in [3.05, 3.63) is 0 Å². The zero-order chi connectivity index (χ0) is 15.8. The van der Waals surface area contributed by atoms with Crippen molar-refractivity contribution in [1.82, 2.24) is 10.2 Å². The number of rotatable bonds is 8. The first kappa shape index (κ1) is 18.0. The van der Waals surface area contributed by atoms with Crippen molar-refractivity contribution in [2.45, 2.75) is 72.3 Å². The fraction of sp³-hybridized carbons (Fsp3) is 0.882. The van der Waals surface area contributed by atoms with Gasteiger partial charge in [0.1, 0.15) is 6.04 Å². The Kier molecular flexibility index (Phi) is 7.76. The van der Waals surface area contributed by atoms with Crippen molar-refractivity contribution in [2.75, 3.05) is 13.1 Å². The lowest BCUT2D eigenvalue weighted by molar-refractivity contribution is -0.135. The van der Waals surface area contributed by atoms with Crippen LogP contribution in [0, 0.1) is 11.8 Å². The van der Waals surface area contributed by atoms with Crippen LogP contribution in [-0.2, 0) is 9.59 Å². The summed E-state index contributed by atoms with van der Waals surface area (Å²) < 4.78 is 0. The lowest BCUT2D eigenvalue weighted by Crippen LogP contribution is -2.49. The summed E-state index contributed by atoms with van der Waals surface area (Å²) in [4.78, 5) is 26.5. The number of hydrogen-bond acceptors (Lipinski definition) is 2. The monoisotopic (exact) mass is 296 g/mol. The Morgan fingerprint density at radius 3 is 2.52 bits per heavy atom. The summed E-state index contributed by atoms with van der Waals surface area (Å²) in [5.74, 6) is 0.875. The van der Waals surface area contributed by atoms with E-state index in [0.717, 1.165) is 19.4 Å². The molecule has 0 saturated carbocycles. The van der Waals surface area contributed by atoms with E-state index in [1.54, 1.807) is 0 Å². The van der Waals surface area contributed by atoms with Gasteiger partial charge in [0.05, 0.1) is 0 Å². The maximum Gasteiger partial charge on any atom is 0.245 e. The summed E-state index contributed by atoms with van der Waals surface area (Å²) in [6.07, 6.45) is 6.01. The van der Waals surface area contributed by atoms with Gasteiger partial charge in [0, 0.05) is 19.5 Å². The van der Waals surface area contributed by atoms with Gasteiger partial charge in [0.15, 0.2) is 0 Å². The predicted molar refractivity (Wildman–Crippen MR) is 85.9 cm³/mol. The topological polar surface area (TPSA) is 49.4 Å². The third-order valence-corrected chi connectivity index (χ3v) is 4.74. The summed E-state index contributed by atoms with van der Waals surface area (Å²) in [6.45, 7) is 9.87. The molecule has 0 spiro atoms. The maximum atomic E-state index is 12.7. The van der Waals surface area contributed by atoms with Gasteiger partial charge in [0.25, 0.3) is 0 Å². The first-order valence-corrected chi connectivity index (χ1v) is 8.61. The van der Waals surface area contributed by atoms with Crippen molar-refractivity contribution in [3.63, 3.8) is 0 Å². The normalized spacial score (nSPS) is 22.7. The zero-order valence-corrected chi connectivity index (χ0v) is 14.2. The number of carbonyl (C=O) groups excluding carboxylic acids is 2. The number of nitrogens with one attached hydrogen (secondary N) is 1. The smallest absolute Gasteiger partial charge is 0.245 e. The molecule has 1 heterocycles. The standard InChI is InChI=1S/C17H32N2O2/c1-5-8-9-14(7-3)12-19-11-10-15(20)18-16(17(19)21)13(4)6-2/h13-14,16H,5-12H2,1-4H3,(H,18,20). The predicted octanol–water partition coefficient (Wildman–Crippen LogP) is 2.97. The third kappa shape index (κ3) is 5.33. The van der Waals surface area contributed by atoms with Gasteiger partial charge in [-0.1, -0.05) is 53.4 Å². The number of carbonyl (C=O) groups is 2. The molecule has 4 nitrogen and oxygen atoms in total. The number of nitrogens with zero attached hydrogens (tertiary/aromatic N) is 1. The molecule has 122 valence electrons. The zero-order valence-electron chi connectivity index (χ0n) is 14.2. The quantitative estimate of drug-likeness (QED) is 0.748. The first-order valence-electron chi connectivity index (χ1n) is 8.61. The van der Waals surface area contributed by atoms with Gasteiger partial charge < -0.3 is 10.2 Å². The molecule has 1 aliphatic heterocycles. The van der Waals surface area contributed by atoms with Crippen LogP contribution < -0.4 is 5.32 Å². The molecule has 0 aliphatic carbocycles. The Balaban J connectivity index is 2.74. The lowest BCUT2D eigenvalue weighted by atomic mass is 9.96.